The second-order valence-corrected chi connectivity index (χ2v) is 2.30. The van der Waals surface area contributed by atoms with Crippen LogP contribution in [0.1, 0.15) is 19.8 Å². The fourth-order valence-corrected chi connectivity index (χ4v) is 0.778. The van der Waals surface area contributed by atoms with Crippen molar-refractivity contribution in [2.24, 2.45) is 0 Å². The van der Waals surface area contributed by atoms with Gasteiger partial charge in [0.15, 0.2) is 0 Å². The Morgan fingerprint density at radius 2 is 2.11 bits per heavy atom. The summed E-state index contributed by atoms with van der Waals surface area (Å²) >= 11 is 0. The minimum atomic E-state index is 0.885. The molecule has 0 aromatic carbocycles. The van der Waals surface area contributed by atoms with Crippen molar-refractivity contribution in [2.75, 3.05) is 20.1 Å². The maximum atomic E-state index is 6.78. The first-order valence-electron chi connectivity index (χ1n) is 3.48. The molecule has 0 aliphatic heterocycles. The molecule has 0 aliphatic rings. The zero-order valence-electron chi connectivity index (χ0n) is 6.35. The van der Waals surface area contributed by atoms with Crippen molar-refractivity contribution in [3.05, 3.63) is 0 Å². The van der Waals surface area contributed by atoms with Crippen LogP contribution >= 0.6 is 0 Å². The Kier molecular flexibility index (Phi) is 5.52. The fraction of sp³-hybridized carbons (Fsp3) is 0.857. The maximum absolute atomic E-state index is 6.78. The van der Waals surface area contributed by atoms with E-state index in [0.717, 1.165) is 19.5 Å². The van der Waals surface area contributed by atoms with E-state index >= 15 is 0 Å². The van der Waals surface area contributed by atoms with Crippen LogP contribution in [0.5, 0.6) is 0 Å². The van der Waals surface area contributed by atoms with Crippen molar-refractivity contribution < 1.29 is 0 Å². The molecule has 0 aromatic rings. The molecule has 0 saturated carbocycles. The van der Waals surface area contributed by atoms with Gasteiger partial charge in [0.2, 0.25) is 0 Å². The minimum absolute atomic E-state index is 0.885. The summed E-state index contributed by atoms with van der Waals surface area (Å²) in [5.74, 6) is 0. The molecule has 9 heavy (non-hydrogen) atoms. The summed E-state index contributed by atoms with van der Waals surface area (Å²) in [6.45, 7) is 4.34. The van der Waals surface area contributed by atoms with Crippen molar-refractivity contribution in [1.82, 2.24) is 4.90 Å². The normalized spacial score (nSPS) is 10.1. The molecule has 54 valence electrons. The highest BCUT2D eigenvalue weighted by atomic mass is 15.1. The molecule has 0 saturated heterocycles. The van der Waals surface area contributed by atoms with E-state index in [0.29, 0.717) is 0 Å². The van der Waals surface area contributed by atoms with Gasteiger partial charge in [0.1, 0.15) is 0 Å². The lowest BCUT2D eigenvalue weighted by Gasteiger charge is -2.12. The largest absolute Gasteiger partial charge is 0.313 e. The molecule has 2 nitrogen and oxygen atoms in total. The third-order valence-corrected chi connectivity index (χ3v) is 1.26. The molecule has 0 heterocycles. The summed E-state index contributed by atoms with van der Waals surface area (Å²) in [5.41, 5.74) is 0. The average Bonchev–Trinajstić information content (AvgIpc) is 1.85. The molecule has 0 bridgehead atoms. The molecule has 0 rings (SSSR count). The van der Waals surface area contributed by atoms with E-state index in [-0.39, 0.29) is 0 Å². The van der Waals surface area contributed by atoms with Crippen LogP contribution in [0.3, 0.4) is 0 Å². The van der Waals surface area contributed by atoms with Gasteiger partial charge < -0.3 is 10.3 Å². The molecule has 2 heteroatoms. The summed E-state index contributed by atoms with van der Waals surface area (Å²) in [7, 11) is 2.09. The monoisotopic (exact) mass is 128 g/mol. The van der Waals surface area contributed by atoms with Crippen LogP contribution in [0, 0.1) is 5.41 Å². The van der Waals surface area contributed by atoms with Gasteiger partial charge in [-0.2, -0.15) is 0 Å². The van der Waals surface area contributed by atoms with E-state index in [4.69, 9.17) is 5.41 Å². The third kappa shape index (κ3) is 5.50. The molecular weight excluding hydrogens is 112 g/mol. The standard InChI is InChI=1S/C7H16N2/c1-3-6-9(2)7-4-5-8/h5,8H,3-4,6-7H2,1-2H3. The van der Waals surface area contributed by atoms with Gasteiger partial charge in [-0.05, 0) is 32.6 Å². The van der Waals surface area contributed by atoms with E-state index in [2.05, 4.69) is 18.9 Å². The topological polar surface area (TPSA) is 27.1 Å². The van der Waals surface area contributed by atoms with Gasteiger partial charge in [-0.3, -0.25) is 0 Å². The minimum Gasteiger partial charge on any atom is -0.313 e. The maximum Gasteiger partial charge on any atom is 0.00276 e. The van der Waals surface area contributed by atoms with Crippen molar-refractivity contribution in [1.29, 1.82) is 5.41 Å². The Morgan fingerprint density at radius 1 is 1.44 bits per heavy atom. The number of hydrogen-bond acceptors (Lipinski definition) is 2. The van der Waals surface area contributed by atoms with E-state index in [9.17, 15) is 0 Å². The van der Waals surface area contributed by atoms with Crippen LogP contribution < -0.4 is 0 Å². The fourth-order valence-electron chi connectivity index (χ4n) is 0.778. The SMILES string of the molecule is CCCN(C)CCC=N. The Labute approximate surface area is 57.4 Å². The lowest BCUT2D eigenvalue weighted by atomic mass is 10.4. The molecule has 0 atom stereocenters. The van der Waals surface area contributed by atoms with Gasteiger partial charge in [-0.25, -0.2) is 0 Å². The average molecular weight is 128 g/mol. The predicted molar refractivity (Wildman–Crippen MR) is 41.2 cm³/mol. The zero-order valence-corrected chi connectivity index (χ0v) is 6.35. The van der Waals surface area contributed by atoms with Crippen LogP contribution in [0.15, 0.2) is 0 Å². The van der Waals surface area contributed by atoms with Crippen LogP contribution in [0.25, 0.3) is 0 Å². The van der Waals surface area contributed by atoms with Crippen LogP contribution in [0.2, 0.25) is 0 Å². The molecular formula is C7H16N2. The van der Waals surface area contributed by atoms with Crippen molar-refractivity contribution in [3.8, 4) is 0 Å². The Morgan fingerprint density at radius 3 is 2.56 bits per heavy atom. The summed E-state index contributed by atoms with van der Waals surface area (Å²) in [5, 5.41) is 6.78. The smallest absolute Gasteiger partial charge is 0.00276 e. The van der Waals surface area contributed by atoms with Crippen molar-refractivity contribution >= 4 is 6.21 Å². The van der Waals surface area contributed by atoms with E-state index < -0.39 is 0 Å². The van der Waals surface area contributed by atoms with Crippen LogP contribution in [-0.4, -0.2) is 31.3 Å². The van der Waals surface area contributed by atoms with Gasteiger partial charge >= 0.3 is 0 Å². The summed E-state index contributed by atoms with van der Waals surface area (Å²) in [4.78, 5) is 2.24. The summed E-state index contributed by atoms with van der Waals surface area (Å²) < 4.78 is 0. The van der Waals surface area contributed by atoms with Gasteiger partial charge in [-0.15, -0.1) is 0 Å². The Balaban J connectivity index is 3.04. The van der Waals surface area contributed by atoms with E-state index in [1.54, 1.807) is 0 Å². The highest BCUT2D eigenvalue weighted by molar-refractivity contribution is 5.52. The van der Waals surface area contributed by atoms with Crippen molar-refractivity contribution in [3.63, 3.8) is 0 Å². The van der Waals surface area contributed by atoms with E-state index in [1.807, 2.05) is 0 Å². The molecule has 0 spiro atoms. The van der Waals surface area contributed by atoms with E-state index in [1.165, 1.54) is 12.6 Å². The Hall–Kier alpha value is -0.370. The number of nitrogens with one attached hydrogen (secondary N) is 1. The lowest BCUT2D eigenvalue weighted by Crippen LogP contribution is -2.20. The quantitative estimate of drug-likeness (QED) is 0.556. The van der Waals surface area contributed by atoms with Crippen molar-refractivity contribution in [2.45, 2.75) is 19.8 Å². The van der Waals surface area contributed by atoms with Crippen LogP contribution in [-0.2, 0) is 0 Å². The lowest BCUT2D eigenvalue weighted by molar-refractivity contribution is 0.346. The van der Waals surface area contributed by atoms with Gasteiger partial charge in [0.25, 0.3) is 0 Å². The molecule has 0 amide bonds. The zero-order chi connectivity index (χ0) is 7.11. The third-order valence-electron chi connectivity index (χ3n) is 1.26. The summed E-state index contributed by atoms with van der Waals surface area (Å²) in [6.07, 6.45) is 3.55. The van der Waals surface area contributed by atoms with Gasteiger partial charge in [0, 0.05) is 6.54 Å². The second kappa shape index (κ2) is 5.76. The van der Waals surface area contributed by atoms with Crippen LogP contribution in [0.4, 0.5) is 0 Å². The van der Waals surface area contributed by atoms with Gasteiger partial charge in [0.05, 0.1) is 0 Å². The first kappa shape index (κ1) is 8.63. The first-order chi connectivity index (χ1) is 4.31. The Bertz CT molecular complexity index is 71.3. The number of nitrogens with zero attached hydrogens (tertiary/aromatic N) is 1. The molecule has 0 aromatic heterocycles. The molecule has 0 aliphatic carbocycles. The number of rotatable bonds is 5. The number of hydrogen-bond donors (Lipinski definition) is 1. The molecule has 0 unspecified atom stereocenters. The molecule has 0 fully saturated rings. The first-order valence-corrected chi connectivity index (χ1v) is 3.48. The molecule has 0 radical (unpaired) electrons. The molecule has 1 N–H and O–H groups in total. The highest BCUT2D eigenvalue weighted by Crippen LogP contribution is 1.86. The van der Waals surface area contributed by atoms with Gasteiger partial charge in [-0.1, -0.05) is 6.92 Å². The summed E-state index contributed by atoms with van der Waals surface area (Å²) in [6, 6.07) is 0. The highest BCUT2D eigenvalue weighted by Gasteiger charge is 1.91. The second-order valence-electron chi connectivity index (χ2n) is 2.30. The predicted octanol–water partition coefficient (Wildman–Crippen LogP) is 1.37.